The second kappa shape index (κ2) is 12.1. The van der Waals surface area contributed by atoms with Crippen molar-refractivity contribution in [2.45, 2.75) is 84.2 Å². The number of hydrogen-bond acceptors (Lipinski definition) is 7. The maximum Gasteiger partial charge on any atom is 0.410 e. The Bertz CT molecular complexity index is 569. The molecule has 2 aliphatic rings. The van der Waals surface area contributed by atoms with Crippen molar-refractivity contribution in [3.8, 4) is 0 Å². The quantitative estimate of drug-likeness (QED) is 0.379. The van der Waals surface area contributed by atoms with Gasteiger partial charge in [0.2, 0.25) is 6.29 Å². The van der Waals surface area contributed by atoms with Gasteiger partial charge >= 0.3 is 18.0 Å². The van der Waals surface area contributed by atoms with E-state index in [4.69, 9.17) is 18.9 Å². The SMILES string of the molecule is CCCC(OC(=O)NCC1(CC(=O)O)CCCCC1)OC(=O)C(CC)C1OCCO1. The third kappa shape index (κ3) is 7.43. The van der Waals surface area contributed by atoms with Crippen LogP contribution in [0.25, 0.3) is 0 Å². The number of alkyl carbamates (subject to hydrolysis) is 1. The second-order valence-corrected chi connectivity index (χ2v) is 8.17. The number of ether oxygens (including phenoxy) is 4. The van der Waals surface area contributed by atoms with Gasteiger partial charge in [0, 0.05) is 13.0 Å². The number of nitrogens with one attached hydrogen (secondary N) is 1. The number of rotatable bonds is 11. The number of carboxylic acids is 1. The predicted molar refractivity (Wildman–Crippen MR) is 107 cm³/mol. The minimum Gasteiger partial charge on any atom is -0.481 e. The lowest BCUT2D eigenvalue weighted by atomic mass is 9.72. The van der Waals surface area contributed by atoms with Crippen LogP contribution in [0.4, 0.5) is 4.79 Å². The van der Waals surface area contributed by atoms with Crippen LogP contribution in [0.2, 0.25) is 0 Å². The normalized spacial score (nSPS) is 20.9. The highest BCUT2D eigenvalue weighted by Gasteiger charge is 2.36. The third-order valence-corrected chi connectivity index (χ3v) is 5.78. The molecule has 172 valence electrons. The Morgan fingerprint density at radius 3 is 2.33 bits per heavy atom. The minimum absolute atomic E-state index is 0.0141. The summed E-state index contributed by atoms with van der Waals surface area (Å²) in [6.45, 7) is 4.83. The van der Waals surface area contributed by atoms with Crippen molar-refractivity contribution >= 4 is 18.0 Å². The Hall–Kier alpha value is -1.87. The highest BCUT2D eigenvalue weighted by molar-refractivity contribution is 5.73. The van der Waals surface area contributed by atoms with Crippen molar-refractivity contribution in [2.24, 2.45) is 11.3 Å². The molecule has 9 nitrogen and oxygen atoms in total. The molecule has 2 fully saturated rings. The summed E-state index contributed by atoms with van der Waals surface area (Å²) in [6.07, 6.45) is 3.63. The van der Waals surface area contributed by atoms with Gasteiger partial charge in [-0.25, -0.2) is 4.79 Å². The summed E-state index contributed by atoms with van der Waals surface area (Å²) in [5.41, 5.74) is -0.454. The van der Waals surface area contributed by atoms with Crippen molar-refractivity contribution in [3.63, 3.8) is 0 Å². The van der Waals surface area contributed by atoms with Crippen LogP contribution in [0.5, 0.6) is 0 Å². The highest BCUT2D eigenvalue weighted by atomic mass is 16.7. The van der Waals surface area contributed by atoms with Gasteiger partial charge in [0.05, 0.1) is 19.6 Å². The van der Waals surface area contributed by atoms with Crippen molar-refractivity contribution < 1.29 is 38.4 Å². The summed E-state index contributed by atoms with van der Waals surface area (Å²) in [6, 6.07) is 0. The van der Waals surface area contributed by atoms with E-state index in [1.807, 2.05) is 13.8 Å². The van der Waals surface area contributed by atoms with Gasteiger partial charge in [-0.1, -0.05) is 33.1 Å². The minimum atomic E-state index is -1.01. The molecule has 1 aliphatic carbocycles. The van der Waals surface area contributed by atoms with E-state index in [2.05, 4.69) is 5.32 Å². The van der Waals surface area contributed by atoms with Crippen LogP contribution in [-0.2, 0) is 28.5 Å². The van der Waals surface area contributed by atoms with Crippen LogP contribution in [0.1, 0.15) is 71.6 Å². The summed E-state index contributed by atoms with van der Waals surface area (Å²) in [4.78, 5) is 36.2. The summed E-state index contributed by atoms with van der Waals surface area (Å²) in [7, 11) is 0. The first kappa shape index (κ1) is 24.4. The van der Waals surface area contributed by atoms with Gasteiger partial charge in [0.15, 0.2) is 6.29 Å². The molecule has 0 aromatic rings. The van der Waals surface area contributed by atoms with E-state index in [1.54, 1.807) is 0 Å². The summed E-state index contributed by atoms with van der Waals surface area (Å²) in [5, 5.41) is 11.9. The largest absolute Gasteiger partial charge is 0.481 e. The number of carbonyl (C=O) groups is 3. The average Bonchev–Trinajstić information content (AvgIpc) is 3.22. The van der Waals surface area contributed by atoms with Crippen LogP contribution >= 0.6 is 0 Å². The number of aliphatic carboxylic acids is 1. The molecule has 9 heteroatoms. The molecule has 0 bridgehead atoms. The van der Waals surface area contributed by atoms with Crippen LogP contribution in [0, 0.1) is 11.3 Å². The van der Waals surface area contributed by atoms with Gasteiger partial charge in [0.25, 0.3) is 0 Å². The molecule has 0 radical (unpaired) electrons. The van der Waals surface area contributed by atoms with Gasteiger partial charge < -0.3 is 29.4 Å². The molecule has 2 rings (SSSR count). The number of esters is 1. The maximum atomic E-state index is 12.5. The average molecular weight is 430 g/mol. The summed E-state index contributed by atoms with van der Waals surface area (Å²) >= 11 is 0. The fourth-order valence-electron chi connectivity index (χ4n) is 4.13. The summed E-state index contributed by atoms with van der Waals surface area (Å²) in [5.74, 6) is -1.98. The Morgan fingerprint density at radius 1 is 1.10 bits per heavy atom. The van der Waals surface area contributed by atoms with Crippen molar-refractivity contribution in [2.75, 3.05) is 19.8 Å². The zero-order chi connectivity index (χ0) is 22.0. The lowest BCUT2D eigenvalue weighted by Crippen LogP contribution is -2.42. The van der Waals surface area contributed by atoms with Crippen molar-refractivity contribution in [3.05, 3.63) is 0 Å². The van der Waals surface area contributed by atoms with E-state index in [1.165, 1.54) is 0 Å². The number of carbonyl (C=O) groups excluding carboxylic acids is 2. The molecule has 0 aromatic carbocycles. The van der Waals surface area contributed by atoms with Crippen molar-refractivity contribution in [1.82, 2.24) is 5.32 Å². The zero-order valence-corrected chi connectivity index (χ0v) is 18.0. The Kier molecular flexibility index (Phi) is 9.84. The van der Waals surface area contributed by atoms with Crippen molar-refractivity contribution in [1.29, 1.82) is 0 Å². The van der Waals surface area contributed by atoms with E-state index < -0.39 is 41.9 Å². The van der Waals surface area contributed by atoms with E-state index in [-0.39, 0.29) is 13.0 Å². The number of amides is 1. The van der Waals surface area contributed by atoms with Gasteiger partial charge in [0.1, 0.15) is 5.92 Å². The lowest BCUT2D eigenvalue weighted by molar-refractivity contribution is -0.187. The maximum absolute atomic E-state index is 12.5. The topological polar surface area (TPSA) is 120 Å². The molecule has 2 unspecified atom stereocenters. The van der Waals surface area contributed by atoms with Gasteiger partial charge in [-0.3, -0.25) is 9.59 Å². The summed E-state index contributed by atoms with van der Waals surface area (Å²) < 4.78 is 21.6. The van der Waals surface area contributed by atoms with Gasteiger partial charge in [-0.15, -0.1) is 0 Å². The van der Waals surface area contributed by atoms with Gasteiger partial charge in [-0.2, -0.15) is 0 Å². The molecule has 1 amide bonds. The van der Waals surface area contributed by atoms with Crippen LogP contribution < -0.4 is 5.32 Å². The first-order valence-corrected chi connectivity index (χ1v) is 11.0. The van der Waals surface area contributed by atoms with Crippen LogP contribution in [-0.4, -0.2) is 55.5 Å². The third-order valence-electron chi connectivity index (χ3n) is 5.78. The molecule has 1 heterocycles. The van der Waals surface area contributed by atoms with E-state index in [9.17, 15) is 19.5 Å². The first-order valence-electron chi connectivity index (χ1n) is 11.0. The molecule has 1 saturated heterocycles. The monoisotopic (exact) mass is 429 g/mol. The predicted octanol–water partition coefficient (Wildman–Crippen LogP) is 3.21. The Balaban J connectivity index is 1.88. The van der Waals surface area contributed by atoms with E-state index in [0.29, 0.717) is 32.5 Å². The molecular weight excluding hydrogens is 394 g/mol. The Labute approximate surface area is 177 Å². The molecule has 30 heavy (non-hydrogen) atoms. The molecule has 1 aliphatic heterocycles. The van der Waals surface area contributed by atoms with E-state index >= 15 is 0 Å². The van der Waals surface area contributed by atoms with Crippen LogP contribution in [0.3, 0.4) is 0 Å². The van der Waals surface area contributed by atoms with Gasteiger partial charge in [-0.05, 0) is 31.1 Å². The van der Waals surface area contributed by atoms with Crippen LogP contribution in [0.15, 0.2) is 0 Å². The smallest absolute Gasteiger partial charge is 0.410 e. The Morgan fingerprint density at radius 2 is 1.77 bits per heavy atom. The molecule has 2 N–H and O–H groups in total. The zero-order valence-electron chi connectivity index (χ0n) is 18.0. The molecule has 0 aromatic heterocycles. The molecule has 1 saturated carbocycles. The van der Waals surface area contributed by atoms with E-state index in [0.717, 1.165) is 32.1 Å². The highest BCUT2D eigenvalue weighted by Crippen LogP contribution is 2.38. The standard InChI is InChI=1S/C21H35NO8/c1-3-8-17(29-18(25)15(4-2)19-27-11-12-28-19)30-20(26)22-14-21(13-16(23)24)9-6-5-7-10-21/h15,17,19H,3-14H2,1-2H3,(H,22,26)(H,23,24). The number of hydrogen-bond donors (Lipinski definition) is 2. The molecule has 2 atom stereocenters. The first-order chi connectivity index (χ1) is 14.4. The number of carboxylic acid groups (broad SMARTS) is 1. The fourth-order valence-corrected chi connectivity index (χ4v) is 4.13. The molecule has 0 spiro atoms. The second-order valence-electron chi connectivity index (χ2n) is 8.17. The lowest BCUT2D eigenvalue weighted by Gasteiger charge is -2.36. The molecular formula is C21H35NO8. The fraction of sp³-hybridized carbons (Fsp3) is 0.857.